The quantitative estimate of drug-likeness (QED) is 0.876. The highest BCUT2D eigenvalue weighted by Crippen LogP contribution is 2.32. The summed E-state index contributed by atoms with van der Waals surface area (Å²) >= 11 is 0. The lowest BCUT2D eigenvalue weighted by Gasteiger charge is -2.13. The van der Waals surface area contributed by atoms with Gasteiger partial charge in [0.2, 0.25) is 0 Å². The van der Waals surface area contributed by atoms with Crippen LogP contribution in [0.4, 0.5) is 17.6 Å². The smallest absolute Gasteiger partial charge is 0.337 e. The number of halogens is 4. The minimum Gasteiger partial charge on any atom is -0.337 e. The van der Waals surface area contributed by atoms with Crippen molar-refractivity contribution in [2.24, 2.45) is 7.05 Å². The van der Waals surface area contributed by atoms with Crippen LogP contribution in [0.15, 0.2) is 30.7 Å². The molecule has 0 amide bonds. The molecule has 0 saturated heterocycles. The molecule has 0 aliphatic carbocycles. The van der Waals surface area contributed by atoms with Gasteiger partial charge in [0.25, 0.3) is 0 Å². The summed E-state index contributed by atoms with van der Waals surface area (Å²) in [6.07, 6.45) is -1.33. The van der Waals surface area contributed by atoms with Gasteiger partial charge in [-0.2, -0.15) is 13.2 Å². The Bertz CT molecular complexity index is 590. The molecular weight excluding hydrogens is 274 g/mol. The van der Waals surface area contributed by atoms with Crippen molar-refractivity contribution in [3.63, 3.8) is 0 Å². The van der Waals surface area contributed by atoms with Crippen LogP contribution in [-0.4, -0.2) is 9.55 Å². The van der Waals surface area contributed by atoms with Crippen molar-refractivity contribution >= 4 is 0 Å². The standard InChI is InChI=1S/C13H13F4N3/c1-20-8-19-7-11(20)6-18-5-9-2-3-10(14)4-12(9)13(15,16)17/h2-4,7-8,18H,5-6H2,1H3. The Labute approximate surface area is 113 Å². The molecular formula is C13H13F4N3. The highest BCUT2D eigenvalue weighted by atomic mass is 19.4. The van der Waals surface area contributed by atoms with Gasteiger partial charge in [0.05, 0.1) is 17.6 Å². The van der Waals surface area contributed by atoms with E-state index < -0.39 is 17.6 Å². The van der Waals surface area contributed by atoms with Gasteiger partial charge in [-0.25, -0.2) is 9.37 Å². The van der Waals surface area contributed by atoms with Gasteiger partial charge < -0.3 is 9.88 Å². The first-order chi connectivity index (χ1) is 9.38. The maximum atomic E-state index is 12.9. The minimum atomic E-state index is -4.56. The Balaban J connectivity index is 2.08. The summed E-state index contributed by atoms with van der Waals surface area (Å²) in [5.74, 6) is -0.896. The molecule has 1 aromatic carbocycles. The van der Waals surface area contributed by atoms with Gasteiger partial charge in [0, 0.05) is 26.3 Å². The molecule has 0 aliphatic heterocycles. The van der Waals surface area contributed by atoms with E-state index in [0.717, 1.165) is 17.8 Å². The summed E-state index contributed by atoms with van der Waals surface area (Å²) in [6, 6.07) is 2.69. The second-order valence-corrected chi connectivity index (χ2v) is 4.40. The third-order valence-electron chi connectivity index (χ3n) is 2.92. The van der Waals surface area contributed by atoms with E-state index in [2.05, 4.69) is 10.3 Å². The van der Waals surface area contributed by atoms with Crippen molar-refractivity contribution in [2.45, 2.75) is 19.3 Å². The van der Waals surface area contributed by atoms with Gasteiger partial charge >= 0.3 is 6.18 Å². The van der Waals surface area contributed by atoms with E-state index in [4.69, 9.17) is 0 Å². The zero-order chi connectivity index (χ0) is 14.8. The van der Waals surface area contributed by atoms with Crippen LogP contribution < -0.4 is 5.32 Å². The summed E-state index contributed by atoms with van der Waals surface area (Å²) < 4.78 is 53.1. The lowest BCUT2D eigenvalue weighted by atomic mass is 10.1. The monoisotopic (exact) mass is 287 g/mol. The van der Waals surface area contributed by atoms with E-state index in [-0.39, 0.29) is 12.1 Å². The first-order valence-electron chi connectivity index (χ1n) is 5.89. The molecule has 20 heavy (non-hydrogen) atoms. The van der Waals surface area contributed by atoms with Crippen LogP contribution in [0.2, 0.25) is 0 Å². The third-order valence-corrected chi connectivity index (χ3v) is 2.92. The summed E-state index contributed by atoms with van der Waals surface area (Å²) in [7, 11) is 1.79. The summed E-state index contributed by atoms with van der Waals surface area (Å²) in [5.41, 5.74) is -0.0863. The van der Waals surface area contributed by atoms with E-state index in [9.17, 15) is 17.6 Å². The van der Waals surface area contributed by atoms with Crippen LogP contribution in [0.1, 0.15) is 16.8 Å². The fourth-order valence-corrected chi connectivity index (χ4v) is 1.85. The van der Waals surface area contributed by atoms with Crippen molar-refractivity contribution in [1.29, 1.82) is 0 Å². The fraction of sp³-hybridized carbons (Fsp3) is 0.308. The molecule has 1 heterocycles. The molecule has 108 valence electrons. The van der Waals surface area contributed by atoms with Gasteiger partial charge in [0.1, 0.15) is 5.82 Å². The average Bonchev–Trinajstić information content (AvgIpc) is 2.76. The number of hydrogen-bond acceptors (Lipinski definition) is 2. The molecule has 0 fully saturated rings. The Morgan fingerprint density at radius 1 is 1.25 bits per heavy atom. The molecule has 0 spiro atoms. The number of nitrogens with zero attached hydrogens (tertiary/aromatic N) is 2. The first-order valence-corrected chi connectivity index (χ1v) is 5.89. The lowest BCUT2D eigenvalue weighted by molar-refractivity contribution is -0.138. The topological polar surface area (TPSA) is 29.9 Å². The summed E-state index contributed by atoms with van der Waals surface area (Å²) in [5, 5.41) is 2.89. The highest BCUT2D eigenvalue weighted by molar-refractivity contribution is 5.30. The Morgan fingerprint density at radius 2 is 2.00 bits per heavy atom. The number of alkyl halides is 3. The molecule has 1 N–H and O–H groups in total. The van der Waals surface area contributed by atoms with E-state index in [0.29, 0.717) is 12.6 Å². The van der Waals surface area contributed by atoms with Gasteiger partial charge in [-0.15, -0.1) is 0 Å². The van der Waals surface area contributed by atoms with Gasteiger partial charge in [0.15, 0.2) is 0 Å². The van der Waals surface area contributed by atoms with E-state index >= 15 is 0 Å². The predicted octanol–water partition coefficient (Wildman–Crippen LogP) is 2.87. The molecule has 0 aliphatic rings. The maximum Gasteiger partial charge on any atom is 0.416 e. The first kappa shape index (κ1) is 14.5. The predicted molar refractivity (Wildman–Crippen MR) is 65.2 cm³/mol. The second-order valence-electron chi connectivity index (χ2n) is 4.40. The van der Waals surface area contributed by atoms with Crippen LogP contribution in [0.25, 0.3) is 0 Å². The van der Waals surface area contributed by atoms with Gasteiger partial charge in [-0.1, -0.05) is 6.07 Å². The molecule has 0 saturated carbocycles. The molecule has 0 bridgehead atoms. The van der Waals surface area contributed by atoms with Crippen molar-refractivity contribution in [3.05, 3.63) is 53.4 Å². The van der Waals surface area contributed by atoms with Crippen molar-refractivity contribution in [2.75, 3.05) is 0 Å². The number of aryl methyl sites for hydroxylation is 1. The van der Waals surface area contributed by atoms with Crippen LogP contribution in [0.3, 0.4) is 0 Å². The third kappa shape index (κ3) is 3.36. The Hall–Kier alpha value is -1.89. The van der Waals surface area contributed by atoms with Crippen molar-refractivity contribution in [3.8, 4) is 0 Å². The number of rotatable bonds is 4. The Morgan fingerprint density at radius 3 is 2.60 bits per heavy atom. The van der Waals surface area contributed by atoms with Crippen LogP contribution in [-0.2, 0) is 26.3 Å². The molecule has 2 rings (SSSR count). The maximum absolute atomic E-state index is 12.9. The molecule has 0 atom stereocenters. The molecule has 2 aromatic rings. The summed E-state index contributed by atoms with van der Waals surface area (Å²) in [6.45, 7) is 0.380. The molecule has 0 unspecified atom stereocenters. The van der Waals surface area contributed by atoms with Crippen LogP contribution >= 0.6 is 0 Å². The van der Waals surface area contributed by atoms with E-state index in [1.807, 2.05) is 0 Å². The number of nitrogens with one attached hydrogen (secondary N) is 1. The number of hydrogen-bond donors (Lipinski definition) is 1. The van der Waals surface area contributed by atoms with Crippen LogP contribution in [0.5, 0.6) is 0 Å². The SMILES string of the molecule is Cn1cncc1CNCc1ccc(F)cc1C(F)(F)F. The number of benzene rings is 1. The molecule has 0 radical (unpaired) electrons. The Kier molecular flexibility index (Phi) is 4.08. The fourth-order valence-electron chi connectivity index (χ4n) is 1.85. The van der Waals surface area contributed by atoms with Crippen LogP contribution in [0, 0.1) is 5.82 Å². The van der Waals surface area contributed by atoms with E-state index in [1.165, 1.54) is 0 Å². The number of imidazole rings is 1. The van der Waals surface area contributed by atoms with Crippen molar-refractivity contribution in [1.82, 2.24) is 14.9 Å². The largest absolute Gasteiger partial charge is 0.416 e. The zero-order valence-electron chi connectivity index (χ0n) is 10.7. The number of aromatic nitrogens is 2. The normalized spacial score (nSPS) is 11.8. The highest BCUT2D eigenvalue weighted by Gasteiger charge is 2.33. The second kappa shape index (κ2) is 5.62. The molecule has 3 nitrogen and oxygen atoms in total. The zero-order valence-corrected chi connectivity index (χ0v) is 10.7. The van der Waals surface area contributed by atoms with E-state index in [1.54, 1.807) is 24.1 Å². The van der Waals surface area contributed by atoms with Crippen molar-refractivity contribution < 1.29 is 17.6 Å². The lowest BCUT2D eigenvalue weighted by Crippen LogP contribution is -2.18. The van der Waals surface area contributed by atoms with Gasteiger partial charge in [-0.3, -0.25) is 0 Å². The minimum absolute atomic E-state index is 0.000301. The molecule has 7 heteroatoms. The van der Waals surface area contributed by atoms with Gasteiger partial charge in [-0.05, 0) is 17.7 Å². The average molecular weight is 287 g/mol. The molecule has 1 aromatic heterocycles. The summed E-state index contributed by atoms with van der Waals surface area (Å²) in [4.78, 5) is 3.91.